The topological polar surface area (TPSA) is 81.1 Å². The predicted octanol–water partition coefficient (Wildman–Crippen LogP) is 2.40. The van der Waals surface area contributed by atoms with Gasteiger partial charge >= 0.3 is 5.97 Å². The van der Waals surface area contributed by atoms with Crippen LogP contribution in [0.2, 0.25) is 0 Å². The van der Waals surface area contributed by atoms with Gasteiger partial charge in [-0.1, -0.05) is 0 Å². The molecule has 0 aliphatic carbocycles. The molecule has 0 aliphatic rings. The Morgan fingerprint density at radius 1 is 1.47 bits per heavy atom. The largest absolute Gasteiger partial charge is 0.478 e. The van der Waals surface area contributed by atoms with Crippen LogP contribution >= 0.6 is 0 Å². The summed E-state index contributed by atoms with van der Waals surface area (Å²) in [5, 5.41) is 12.6. The number of nitrogens with two attached hydrogens (primary N) is 1. The van der Waals surface area contributed by atoms with Crippen molar-refractivity contribution in [2.75, 3.05) is 5.73 Å². The summed E-state index contributed by atoms with van der Waals surface area (Å²) in [6.45, 7) is 1.62. The number of aromatic nitrogens is 2. The van der Waals surface area contributed by atoms with E-state index in [0.717, 1.165) is 0 Å². The van der Waals surface area contributed by atoms with Gasteiger partial charge in [0.05, 0.1) is 23.1 Å². The van der Waals surface area contributed by atoms with Crippen molar-refractivity contribution in [1.29, 1.82) is 0 Å². The van der Waals surface area contributed by atoms with Gasteiger partial charge in [-0.15, -0.1) is 0 Å². The molecule has 0 spiro atoms. The summed E-state index contributed by atoms with van der Waals surface area (Å²) in [5.41, 5.74) is 5.99. The van der Waals surface area contributed by atoms with Crippen LogP contribution in [-0.4, -0.2) is 20.9 Å². The molecule has 3 N–H and O–H groups in total. The molecular weight excluding hydrogens is 256 g/mol. The van der Waals surface area contributed by atoms with Gasteiger partial charge in [0.15, 0.2) is 5.69 Å². The van der Waals surface area contributed by atoms with E-state index in [-0.39, 0.29) is 11.3 Å². The molecule has 0 atom stereocenters. The minimum absolute atomic E-state index is 0.102. The molecule has 1 aromatic heterocycles. The highest BCUT2D eigenvalue weighted by Gasteiger charge is 2.17. The molecule has 5 nitrogen and oxygen atoms in total. The summed E-state index contributed by atoms with van der Waals surface area (Å²) in [5.74, 6) is -1.04. The van der Waals surface area contributed by atoms with E-state index in [4.69, 9.17) is 10.8 Å². The molecule has 2 aromatic rings. The van der Waals surface area contributed by atoms with Crippen LogP contribution in [0.1, 0.15) is 28.0 Å². The Hall–Kier alpha value is -2.44. The molecule has 0 bridgehead atoms. The lowest BCUT2D eigenvalue weighted by molar-refractivity contribution is 0.0696. The molecule has 0 saturated carbocycles. The number of carboxylic acids is 1. The van der Waals surface area contributed by atoms with Crippen LogP contribution in [0.3, 0.4) is 0 Å². The quantitative estimate of drug-likeness (QED) is 0.894. The lowest BCUT2D eigenvalue weighted by atomic mass is 10.1. The van der Waals surface area contributed by atoms with Crippen molar-refractivity contribution < 1.29 is 18.7 Å². The van der Waals surface area contributed by atoms with Crippen molar-refractivity contribution in [3.8, 4) is 5.69 Å². The van der Waals surface area contributed by atoms with E-state index in [1.54, 1.807) is 13.0 Å². The van der Waals surface area contributed by atoms with Crippen LogP contribution in [0.25, 0.3) is 5.69 Å². The Morgan fingerprint density at radius 2 is 2.16 bits per heavy atom. The molecular formula is C12H11F2N3O2. The zero-order chi connectivity index (χ0) is 14.2. The molecule has 7 heteroatoms. The van der Waals surface area contributed by atoms with Gasteiger partial charge in [-0.3, -0.25) is 0 Å². The molecule has 0 saturated heterocycles. The van der Waals surface area contributed by atoms with E-state index in [0.29, 0.717) is 11.3 Å². The molecule has 0 fully saturated rings. The number of carboxylic acid groups (broad SMARTS) is 1. The number of anilines is 1. The summed E-state index contributed by atoms with van der Waals surface area (Å²) < 4.78 is 26.3. The Morgan fingerprint density at radius 3 is 2.63 bits per heavy atom. The fourth-order valence-electron chi connectivity index (χ4n) is 1.73. The number of halogens is 2. The highest BCUT2D eigenvalue weighted by atomic mass is 19.3. The van der Waals surface area contributed by atoms with Crippen LogP contribution < -0.4 is 5.73 Å². The maximum Gasteiger partial charge on any atom is 0.335 e. The number of nitrogen functional groups attached to an aromatic ring is 1. The van der Waals surface area contributed by atoms with E-state index < -0.39 is 18.1 Å². The van der Waals surface area contributed by atoms with E-state index in [1.165, 1.54) is 23.0 Å². The van der Waals surface area contributed by atoms with Gasteiger partial charge in [0.25, 0.3) is 6.43 Å². The Kier molecular flexibility index (Phi) is 3.20. The number of aryl methyl sites for hydroxylation is 1. The number of carbonyl (C=O) groups is 1. The Bertz CT molecular complexity index is 638. The first-order valence-corrected chi connectivity index (χ1v) is 5.37. The minimum atomic E-state index is -2.75. The van der Waals surface area contributed by atoms with E-state index in [9.17, 15) is 13.6 Å². The van der Waals surface area contributed by atoms with Crippen molar-refractivity contribution in [1.82, 2.24) is 9.78 Å². The first-order valence-electron chi connectivity index (χ1n) is 5.37. The standard InChI is InChI=1S/C12H11F2N3O2/c1-6-4-7(2-3-8(6)12(18)19)17-5-9(15)10(16-17)11(13)14/h2-5,11H,15H2,1H3,(H,18,19). The van der Waals surface area contributed by atoms with Gasteiger partial charge in [-0.25, -0.2) is 18.3 Å². The smallest absolute Gasteiger partial charge is 0.335 e. The van der Waals surface area contributed by atoms with E-state index in [1.807, 2.05) is 0 Å². The fourth-order valence-corrected chi connectivity index (χ4v) is 1.73. The van der Waals surface area contributed by atoms with Gasteiger partial charge in [0.2, 0.25) is 0 Å². The second-order valence-corrected chi connectivity index (χ2v) is 4.02. The molecule has 0 radical (unpaired) electrons. The summed E-state index contributed by atoms with van der Waals surface area (Å²) in [6.07, 6.45) is -1.47. The summed E-state index contributed by atoms with van der Waals surface area (Å²) >= 11 is 0. The average molecular weight is 267 g/mol. The summed E-state index contributed by atoms with van der Waals surface area (Å²) in [7, 11) is 0. The number of rotatable bonds is 3. The third-order valence-corrected chi connectivity index (χ3v) is 2.68. The third kappa shape index (κ3) is 2.40. The first kappa shape index (κ1) is 13.0. The third-order valence-electron chi connectivity index (χ3n) is 2.68. The molecule has 0 amide bonds. The highest BCUT2D eigenvalue weighted by molar-refractivity contribution is 5.89. The van der Waals surface area contributed by atoms with Crippen molar-refractivity contribution in [2.24, 2.45) is 0 Å². The van der Waals surface area contributed by atoms with Gasteiger partial charge < -0.3 is 10.8 Å². The lowest BCUT2D eigenvalue weighted by Gasteiger charge is -2.05. The number of alkyl halides is 2. The SMILES string of the molecule is Cc1cc(-n2cc(N)c(C(F)F)n2)ccc1C(=O)O. The Labute approximate surface area is 107 Å². The number of aromatic carboxylic acids is 1. The number of hydrogen-bond acceptors (Lipinski definition) is 3. The lowest BCUT2D eigenvalue weighted by Crippen LogP contribution is -2.02. The molecule has 19 heavy (non-hydrogen) atoms. The molecule has 100 valence electrons. The van der Waals surface area contributed by atoms with E-state index in [2.05, 4.69) is 5.10 Å². The fraction of sp³-hybridized carbons (Fsp3) is 0.167. The normalized spacial score (nSPS) is 10.9. The Balaban J connectivity index is 2.45. The zero-order valence-corrected chi connectivity index (χ0v) is 9.97. The van der Waals surface area contributed by atoms with Crippen molar-refractivity contribution in [3.63, 3.8) is 0 Å². The second kappa shape index (κ2) is 4.68. The van der Waals surface area contributed by atoms with Crippen LogP contribution in [0, 0.1) is 6.92 Å². The van der Waals surface area contributed by atoms with Crippen LogP contribution in [-0.2, 0) is 0 Å². The maximum absolute atomic E-state index is 12.6. The monoisotopic (exact) mass is 267 g/mol. The van der Waals surface area contributed by atoms with Gasteiger partial charge in [0.1, 0.15) is 0 Å². The van der Waals surface area contributed by atoms with Crippen molar-refractivity contribution in [3.05, 3.63) is 41.2 Å². The van der Waals surface area contributed by atoms with E-state index >= 15 is 0 Å². The minimum Gasteiger partial charge on any atom is -0.478 e. The second-order valence-electron chi connectivity index (χ2n) is 4.02. The van der Waals surface area contributed by atoms with Crippen molar-refractivity contribution >= 4 is 11.7 Å². The van der Waals surface area contributed by atoms with Crippen molar-refractivity contribution in [2.45, 2.75) is 13.3 Å². The van der Waals surface area contributed by atoms with Gasteiger partial charge in [-0.05, 0) is 30.7 Å². The number of nitrogens with zero attached hydrogens (tertiary/aromatic N) is 2. The highest BCUT2D eigenvalue weighted by Crippen LogP contribution is 2.25. The van der Waals surface area contributed by atoms with Crippen LogP contribution in [0.5, 0.6) is 0 Å². The summed E-state index contributed by atoms with van der Waals surface area (Å²) in [6, 6.07) is 4.43. The predicted molar refractivity (Wildman–Crippen MR) is 64.6 cm³/mol. The van der Waals surface area contributed by atoms with Crippen LogP contribution in [0.4, 0.5) is 14.5 Å². The van der Waals surface area contributed by atoms with Gasteiger partial charge in [-0.2, -0.15) is 5.10 Å². The number of hydrogen-bond donors (Lipinski definition) is 2. The molecule has 1 heterocycles. The maximum atomic E-state index is 12.6. The van der Waals surface area contributed by atoms with Crippen LogP contribution in [0.15, 0.2) is 24.4 Å². The van der Waals surface area contributed by atoms with Gasteiger partial charge in [0, 0.05) is 0 Å². The molecule has 0 unspecified atom stereocenters. The molecule has 1 aromatic carbocycles. The molecule has 0 aliphatic heterocycles. The summed E-state index contributed by atoms with van der Waals surface area (Å²) in [4.78, 5) is 10.9. The first-order chi connectivity index (χ1) is 8.90. The molecule has 2 rings (SSSR count). The number of benzene rings is 1. The zero-order valence-electron chi connectivity index (χ0n) is 9.97. The average Bonchev–Trinajstić information content (AvgIpc) is 2.70.